The Kier molecular flexibility index (Phi) is 3.63. The van der Waals surface area contributed by atoms with Crippen LogP contribution in [0.2, 0.25) is 0 Å². The molecule has 0 aromatic heterocycles. The highest BCUT2D eigenvalue weighted by Crippen LogP contribution is 2.21. The van der Waals surface area contributed by atoms with Crippen molar-refractivity contribution in [3.05, 3.63) is 59.8 Å². The molecule has 4 N–H and O–H groups in total. The van der Waals surface area contributed by atoms with Crippen molar-refractivity contribution >= 4 is 17.6 Å². The van der Waals surface area contributed by atoms with Crippen LogP contribution < -0.4 is 11.5 Å². The number of nitrogens with two attached hydrogens (primary N) is 2. The van der Waals surface area contributed by atoms with E-state index in [0.29, 0.717) is 0 Å². The molecule has 0 heterocycles. The Bertz CT molecular complexity index is 551. The minimum absolute atomic E-state index is 0.126. The second-order valence-corrected chi connectivity index (χ2v) is 4.19. The lowest BCUT2D eigenvalue weighted by Gasteiger charge is -2.14. The first-order chi connectivity index (χ1) is 8.69. The summed E-state index contributed by atoms with van der Waals surface area (Å²) in [6, 6.07) is 7.51. The Balaban J connectivity index is 2.20. The Morgan fingerprint density at radius 2 is 2.06 bits per heavy atom. The van der Waals surface area contributed by atoms with Crippen LogP contribution in [0, 0.1) is 5.92 Å². The number of nitrogen functional groups attached to an aromatic ring is 1. The molecule has 1 aliphatic rings. The van der Waals surface area contributed by atoms with E-state index >= 15 is 0 Å². The van der Waals surface area contributed by atoms with Crippen LogP contribution in [0.1, 0.15) is 6.92 Å². The van der Waals surface area contributed by atoms with Gasteiger partial charge in [-0.05, 0) is 42.8 Å². The number of hydrogen-bond donors (Lipinski definition) is 2. The molecule has 1 unspecified atom stereocenters. The SMILES string of the molecule is C/C=C1/C=CC(N)=CC1C=Nc1cccc(N)c1. The Labute approximate surface area is 107 Å². The third-order valence-electron chi connectivity index (χ3n) is 2.81. The third-order valence-corrected chi connectivity index (χ3v) is 2.81. The van der Waals surface area contributed by atoms with Gasteiger partial charge in [-0.1, -0.05) is 18.2 Å². The van der Waals surface area contributed by atoms with Crippen molar-refractivity contribution in [1.82, 2.24) is 0 Å². The summed E-state index contributed by atoms with van der Waals surface area (Å²) in [6.45, 7) is 2.01. The molecule has 3 nitrogen and oxygen atoms in total. The second-order valence-electron chi connectivity index (χ2n) is 4.19. The van der Waals surface area contributed by atoms with Crippen molar-refractivity contribution < 1.29 is 0 Å². The van der Waals surface area contributed by atoms with E-state index in [0.717, 1.165) is 17.1 Å². The fourth-order valence-corrected chi connectivity index (χ4v) is 1.85. The summed E-state index contributed by atoms with van der Waals surface area (Å²) >= 11 is 0. The standard InChI is InChI=1S/C15H17N3/c1-2-11-6-7-14(17)8-12(11)10-18-15-5-3-4-13(16)9-15/h2-10,12H,16-17H2,1H3/b11-2-,18-10?. The van der Waals surface area contributed by atoms with E-state index in [1.54, 1.807) is 0 Å². The smallest absolute Gasteiger partial charge is 0.0646 e. The molecule has 0 saturated heterocycles. The van der Waals surface area contributed by atoms with Gasteiger partial charge in [0.25, 0.3) is 0 Å². The van der Waals surface area contributed by atoms with Crippen LogP contribution in [-0.4, -0.2) is 6.21 Å². The number of allylic oxidation sites excluding steroid dienone is 5. The van der Waals surface area contributed by atoms with Crippen LogP contribution in [0.25, 0.3) is 0 Å². The van der Waals surface area contributed by atoms with Gasteiger partial charge in [-0.3, -0.25) is 4.99 Å². The Morgan fingerprint density at radius 1 is 1.22 bits per heavy atom. The summed E-state index contributed by atoms with van der Waals surface area (Å²) in [5.41, 5.74) is 15.0. The molecule has 0 aliphatic heterocycles. The summed E-state index contributed by atoms with van der Waals surface area (Å²) < 4.78 is 0. The van der Waals surface area contributed by atoms with E-state index in [1.807, 2.05) is 55.6 Å². The molecule has 92 valence electrons. The van der Waals surface area contributed by atoms with E-state index < -0.39 is 0 Å². The molecule has 3 heteroatoms. The first kappa shape index (κ1) is 12.2. The maximum absolute atomic E-state index is 5.80. The van der Waals surface area contributed by atoms with Crippen molar-refractivity contribution in [2.45, 2.75) is 6.92 Å². The van der Waals surface area contributed by atoms with Gasteiger partial charge in [-0.15, -0.1) is 0 Å². The lowest BCUT2D eigenvalue weighted by atomic mass is 9.94. The number of benzene rings is 1. The molecule has 0 amide bonds. The zero-order chi connectivity index (χ0) is 13.0. The molecule has 0 bridgehead atoms. The van der Waals surface area contributed by atoms with E-state index in [-0.39, 0.29) is 5.92 Å². The quantitative estimate of drug-likeness (QED) is 0.615. The van der Waals surface area contributed by atoms with Gasteiger partial charge in [-0.25, -0.2) is 0 Å². The molecule has 0 spiro atoms. The predicted molar refractivity (Wildman–Crippen MR) is 77.7 cm³/mol. The largest absolute Gasteiger partial charge is 0.399 e. The van der Waals surface area contributed by atoms with Crippen LogP contribution in [0.5, 0.6) is 0 Å². The van der Waals surface area contributed by atoms with Gasteiger partial charge in [0.1, 0.15) is 0 Å². The number of hydrogen-bond acceptors (Lipinski definition) is 3. The van der Waals surface area contributed by atoms with E-state index in [1.165, 1.54) is 5.57 Å². The topological polar surface area (TPSA) is 64.4 Å². The maximum atomic E-state index is 5.80. The third kappa shape index (κ3) is 2.88. The van der Waals surface area contributed by atoms with Gasteiger partial charge in [-0.2, -0.15) is 0 Å². The van der Waals surface area contributed by atoms with Gasteiger partial charge in [0.15, 0.2) is 0 Å². The molecule has 1 aromatic carbocycles. The second kappa shape index (κ2) is 5.36. The monoisotopic (exact) mass is 239 g/mol. The maximum Gasteiger partial charge on any atom is 0.0646 e. The van der Waals surface area contributed by atoms with Crippen LogP contribution in [-0.2, 0) is 0 Å². The van der Waals surface area contributed by atoms with Gasteiger partial charge in [0.05, 0.1) is 5.69 Å². The van der Waals surface area contributed by atoms with Gasteiger partial charge < -0.3 is 11.5 Å². The molecule has 0 fully saturated rings. The number of aliphatic imine (C=N–C) groups is 1. The van der Waals surface area contributed by atoms with Gasteiger partial charge in [0, 0.05) is 23.5 Å². The molecular weight excluding hydrogens is 222 g/mol. The van der Waals surface area contributed by atoms with E-state index in [9.17, 15) is 0 Å². The van der Waals surface area contributed by atoms with Crippen molar-refractivity contribution in [2.75, 3.05) is 5.73 Å². The summed E-state index contributed by atoms with van der Waals surface area (Å²) in [4.78, 5) is 4.44. The highest BCUT2D eigenvalue weighted by molar-refractivity contribution is 5.74. The summed E-state index contributed by atoms with van der Waals surface area (Å²) in [6.07, 6.45) is 9.87. The number of nitrogens with zero attached hydrogens (tertiary/aromatic N) is 1. The summed E-state index contributed by atoms with van der Waals surface area (Å²) in [5.74, 6) is 0.126. The first-order valence-electron chi connectivity index (χ1n) is 5.90. The predicted octanol–water partition coefficient (Wildman–Crippen LogP) is 2.95. The summed E-state index contributed by atoms with van der Waals surface area (Å²) in [5, 5.41) is 0. The van der Waals surface area contributed by atoms with E-state index in [4.69, 9.17) is 11.5 Å². The fourth-order valence-electron chi connectivity index (χ4n) is 1.85. The first-order valence-corrected chi connectivity index (χ1v) is 5.90. The van der Waals surface area contributed by atoms with Crippen molar-refractivity contribution in [2.24, 2.45) is 16.6 Å². The van der Waals surface area contributed by atoms with Crippen molar-refractivity contribution in [3.8, 4) is 0 Å². The summed E-state index contributed by atoms with van der Waals surface area (Å²) in [7, 11) is 0. The molecule has 1 aliphatic carbocycles. The normalized spacial score (nSPS) is 21.5. The van der Waals surface area contributed by atoms with Crippen LogP contribution in [0.3, 0.4) is 0 Å². The highest BCUT2D eigenvalue weighted by atomic mass is 14.7. The average molecular weight is 239 g/mol. The number of anilines is 1. The molecule has 0 radical (unpaired) electrons. The molecule has 0 saturated carbocycles. The number of rotatable bonds is 2. The molecule has 1 atom stereocenters. The van der Waals surface area contributed by atoms with Crippen LogP contribution >= 0.6 is 0 Å². The average Bonchev–Trinajstić information content (AvgIpc) is 2.37. The fraction of sp³-hybridized carbons (Fsp3) is 0.133. The lowest BCUT2D eigenvalue weighted by Crippen LogP contribution is -2.09. The zero-order valence-electron chi connectivity index (χ0n) is 10.4. The minimum atomic E-state index is 0.126. The van der Waals surface area contributed by atoms with Crippen LogP contribution in [0.4, 0.5) is 11.4 Å². The van der Waals surface area contributed by atoms with Crippen molar-refractivity contribution in [3.63, 3.8) is 0 Å². The van der Waals surface area contributed by atoms with Gasteiger partial charge >= 0.3 is 0 Å². The molecular formula is C15H17N3. The molecule has 18 heavy (non-hydrogen) atoms. The molecule has 1 aromatic rings. The van der Waals surface area contributed by atoms with Gasteiger partial charge in [0.2, 0.25) is 0 Å². The Morgan fingerprint density at radius 3 is 2.78 bits per heavy atom. The van der Waals surface area contributed by atoms with Crippen LogP contribution in [0.15, 0.2) is 64.8 Å². The highest BCUT2D eigenvalue weighted by Gasteiger charge is 2.10. The Hall–Kier alpha value is -2.29. The zero-order valence-corrected chi connectivity index (χ0v) is 10.4. The lowest BCUT2D eigenvalue weighted by molar-refractivity contribution is 1.04. The van der Waals surface area contributed by atoms with Crippen molar-refractivity contribution in [1.29, 1.82) is 0 Å². The molecule has 2 rings (SSSR count). The van der Waals surface area contributed by atoms with E-state index in [2.05, 4.69) is 11.1 Å². The minimum Gasteiger partial charge on any atom is -0.399 e.